The van der Waals surface area contributed by atoms with E-state index in [9.17, 15) is 5.11 Å². The number of rotatable bonds is 3. The van der Waals surface area contributed by atoms with E-state index in [-0.39, 0.29) is 0 Å². The first-order chi connectivity index (χ1) is 6.90. The maximum atomic E-state index is 9.38. The fourth-order valence-corrected chi connectivity index (χ4v) is 2.70. The van der Waals surface area contributed by atoms with Gasteiger partial charge in [-0.1, -0.05) is 31.8 Å². The number of hydrogen-bond acceptors (Lipinski definition) is 1. The van der Waals surface area contributed by atoms with Crippen LogP contribution in [0.5, 0.6) is 0 Å². The molecule has 1 heteroatoms. The molecule has 1 nitrogen and oxygen atoms in total. The summed E-state index contributed by atoms with van der Waals surface area (Å²) in [4.78, 5) is 0. The molecule has 2 rings (SSSR count). The molecule has 2 saturated carbocycles. The first-order valence-corrected chi connectivity index (χ1v) is 6.21. The second-order valence-corrected chi connectivity index (χ2v) is 4.93. The van der Waals surface area contributed by atoms with Crippen LogP contribution in [0.25, 0.3) is 0 Å². The van der Waals surface area contributed by atoms with E-state index in [4.69, 9.17) is 0 Å². The summed E-state index contributed by atoms with van der Waals surface area (Å²) in [6.45, 7) is 0.307. The van der Waals surface area contributed by atoms with Gasteiger partial charge >= 0.3 is 0 Å². The zero-order chi connectivity index (χ0) is 9.80. The van der Waals surface area contributed by atoms with Gasteiger partial charge in [-0.3, -0.25) is 0 Å². The zero-order valence-electron chi connectivity index (χ0n) is 9.04. The van der Waals surface area contributed by atoms with Gasteiger partial charge in [-0.05, 0) is 43.1 Å². The molecule has 0 spiro atoms. The van der Waals surface area contributed by atoms with Crippen molar-refractivity contribution in [1.82, 2.24) is 0 Å². The van der Waals surface area contributed by atoms with Gasteiger partial charge in [-0.15, -0.1) is 0 Å². The summed E-state index contributed by atoms with van der Waals surface area (Å²) in [5, 5.41) is 9.38. The highest BCUT2D eigenvalue weighted by Crippen LogP contribution is 2.34. The monoisotopic (exact) mass is 194 g/mol. The summed E-state index contributed by atoms with van der Waals surface area (Å²) in [6.07, 6.45) is 13.3. The van der Waals surface area contributed by atoms with E-state index >= 15 is 0 Å². The van der Waals surface area contributed by atoms with Gasteiger partial charge in [0.05, 0.1) is 6.61 Å². The molecule has 0 aromatic carbocycles. The van der Waals surface area contributed by atoms with Crippen molar-refractivity contribution in [3.8, 4) is 0 Å². The Morgan fingerprint density at radius 1 is 1.00 bits per heavy atom. The maximum Gasteiger partial charge on any atom is 0.0644 e. The van der Waals surface area contributed by atoms with Crippen LogP contribution in [0.1, 0.15) is 51.4 Å². The topological polar surface area (TPSA) is 20.2 Å². The van der Waals surface area contributed by atoms with Crippen LogP contribution in [0, 0.1) is 11.8 Å². The third kappa shape index (κ3) is 2.38. The number of aliphatic hydroxyl groups excluding tert-OH is 1. The third-order valence-electron chi connectivity index (χ3n) is 3.91. The highest BCUT2D eigenvalue weighted by atomic mass is 16.3. The third-order valence-corrected chi connectivity index (χ3v) is 3.91. The summed E-state index contributed by atoms with van der Waals surface area (Å²) < 4.78 is 0. The highest BCUT2D eigenvalue weighted by Gasteiger charge is 2.21. The Hall–Kier alpha value is -0.300. The van der Waals surface area contributed by atoms with Crippen molar-refractivity contribution in [2.75, 3.05) is 6.61 Å². The fourth-order valence-electron chi connectivity index (χ4n) is 2.70. The van der Waals surface area contributed by atoms with Crippen LogP contribution in [0.2, 0.25) is 0 Å². The molecule has 0 atom stereocenters. The van der Waals surface area contributed by atoms with Gasteiger partial charge < -0.3 is 5.11 Å². The Kier molecular flexibility index (Phi) is 3.63. The van der Waals surface area contributed by atoms with Gasteiger partial charge in [0.15, 0.2) is 0 Å². The van der Waals surface area contributed by atoms with Crippen molar-refractivity contribution in [2.45, 2.75) is 51.4 Å². The van der Waals surface area contributed by atoms with E-state index in [0.29, 0.717) is 12.5 Å². The van der Waals surface area contributed by atoms with Gasteiger partial charge in [0.1, 0.15) is 0 Å². The van der Waals surface area contributed by atoms with Crippen molar-refractivity contribution < 1.29 is 5.11 Å². The fraction of sp³-hybridized carbons (Fsp3) is 0.846. The van der Waals surface area contributed by atoms with Crippen LogP contribution < -0.4 is 0 Å². The van der Waals surface area contributed by atoms with E-state index in [1.807, 2.05) is 0 Å². The van der Waals surface area contributed by atoms with E-state index in [1.165, 1.54) is 56.9 Å². The minimum Gasteiger partial charge on any atom is -0.392 e. The summed E-state index contributed by atoms with van der Waals surface area (Å²) in [6, 6.07) is 0. The van der Waals surface area contributed by atoms with Gasteiger partial charge in [0.2, 0.25) is 0 Å². The molecule has 80 valence electrons. The summed E-state index contributed by atoms with van der Waals surface area (Å²) in [5.74, 6) is 1.52. The minimum atomic E-state index is 0.307. The van der Waals surface area contributed by atoms with Crippen LogP contribution in [-0.4, -0.2) is 11.7 Å². The molecule has 2 fully saturated rings. The Labute approximate surface area is 87.2 Å². The van der Waals surface area contributed by atoms with E-state index in [0.717, 1.165) is 5.92 Å². The Balaban J connectivity index is 1.92. The SMILES string of the molecule is OCC(=CC1CCC1)C1CCCCC1. The standard InChI is InChI=1S/C13H22O/c14-10-13(9-11-5-4-6-11)12-7-2-1-3-8-12/h9,11-12,14H,1-8,10H2. The van der Waals surface area contributed by atoms with Gasteiger partial charge in [-0.25, -0.2) is 0 Å². The summed E-state index contributed by atoms with van der Waals surface area (Å²) in [7, 11) is 0. The molecule has 14 heavy (non-hydrogen) atoms. The van der Waals surface area contributed by atoms with Crippen molar-refractivity contribution >= 4 is 0 Å². The first-order valence-electron chi connectivity index (χ1n) is 6.21. The molecule has 0 amide bonds. The van der Waals surface area contributed by atoms with Crippen molar-refractivity contribution in [3.63, 3.8) is 0 Å². The second-order valence-electron chi connectivity index (χ2n) is 4.93. The molecule has 0 aliphatic heterocycles. The molecule has 0 saturated heterocycles. The van der Waals surface area contributed by atoms with Crippen molar-refractivity contribution in [3.05, 3.63) is 11.6 Å². The lowest BCUT2D eigenvalue weighted by atomic mass is 9.79. The van der Waals surface area contributed by atoms with E-state index < -0.39 is 0 Å². The molecule has 2 aliphatic carbocycles. The van der Waals surface area contributed by atoms with Crippen LogP contribution in [-0.2, 0) is 0 Å². The molecule has 1 N–H and O–H groups in total. The smallest absolute Gasteiger partial charge is 0.0644 e. The summed E-state index contributed by atoms with van der Waals surface area (Å²) >= 11 is 0. The molecule has 0 unspecified atom stereocenters. The summed E-state index contributed by atoms with van der Waals surface area (Å²) in [5.41, 5.74) is 1.36. The lowest BCUT2D eigenvalue weighted by Gasteiger charge is -2.28. The molecule has 0 heterocycles. The normalized spacial score (nSPS) is 26.2. The Morgan fingerprint density at radius 2 is 1.71 bits per heavy atom. The average Bonchev–Trinajstić information content (AvgIpc) is 2.18. The van der Waals surface area contributed by atoms with Crippen molar-refractivity contribution in [1.29, 1.82) is 0 Å². The minimum absolute atomic E-state index is 0.307. The highest BCUT2D eigenvalue weighted by molar-refractivity contribution is 5.11. The molecule has 0 radical (unpaired) electrons. The van der Waals surface area contributed by atoms with Crippen LogP contribution >= 0.6 is 0 Å². The molecule has 0 aromatic rings. The van der Waals surface area contributed by atoms with E-state index in [1.54, 1.807) is 0 Å². The van der Waals surface area contributed by atoms with Crippen molar-refractivity contribution in [2.24, 2.45) is 11.8 Å². The predicted molar refractivity (Wildman–Crippen MR) is 59.1 cm³/mol. The van der Waals surface area contributed by atoms with Crippen LogP contribution in [0.15, 0.2) is 11.6 Å². The van der Waals surface area contributed by atoms with Gasteiger partial charge in [0.25, 0.3) is 0 Å². The lowest BCUT2D eigenvalue weighted by Crippen LogP contribution is -2.15. The van der Waals surface area contributed by atoms with Gasteiger partial charge in [0, 0.05) is 0 Å². The maximum absolute atomic E-state index is 9.38. The van der Waals surface area contributed by atoms with Gasteiger partial charge in [-0.2, -0.15) is 0 Å². The molecule has 0 aromatic heterocycles. The first kappa shape index (κ1) is 10.2. The lowest BCUT2D eigenvalue weighted by molar-refractivity contribution is 0.286. The van der Waals surface area contributed by atoms with Crippen LogP contribution in [0.4, 0.5) is 0 Å². The zero-order valence-corrected chi connectivity index (χ0v) is 9.04. The predicted octanol–water partition coefficient (Wildman–Crippen LogP) is 3.29. The number of hydrogen-bond donors (Lipinski definition) is 1. The number of aliphatic hydroxyl groups is 1. The molecule has 2 aliphatic rings. The quantitative estimate of drug-likeness (QED) is 0.684. The molecular weight excluding hydrogens is 172 g/mol. The van der Waals surface area contributed by atoms with Crippen LogP contribution in [0.3, 0.4) is 0 Å². The average molecular weight is 194 g/mol. The Bertz CT molecular complexity index is 197. The second kappa shape index (κ2) is 4.97. The Morgan fingerprint density at radius 3 is 2.21 bits per heavy atom. The molecule has 0 bridgehead atoms. The number of allylic oxidation sites excluding steroid dienone is 1. The largest absolute Gasteiger partial charge is 0.392 e. The van der Waals surface area contributed by atoms with E-state index in [2.05, 4.69) is 6.08 Å². The molecular formula is C13H22O.